The molecule has 0 atom stereocenters. The molecule has 0 aliphatic heterocycles. The minimum Gasteiger partial charge on any atom is -0.466 e. The van der Waals surface area contributed by atoms with Crippen molar-refractivity contribution in [2.75, 3.05) is 7.11 Å². The number of rotatable bonds is 2. The Labute approximate surface area is 75.1 Å². The van der Waals surface area contributed by atoms with Crippen LogP contribution in [0.5, 0.6) is 0 Å². The van der Waals surface area contributed by atoms with Crippen LogP contribution < -0.4 is 0 Å². The van der Waals surface area contributed by atoms with Crippen LogP contribution in [0.1, 0.15) is 13.8 Å². The van der Waals surface area contributed by atoms with Gasteiger partial charge < -0.3 is 4.74 Å². The van der Waals surface area contributed by atoms with Crippen LogP contribution in [0.2, 0.25) is 0 Å². The third-order valence-electron chi connectivity index (χ3n) is 1.12. The number of carbonyl (C=O) groups is 1. The molecule has 11 heavy (non-hydrogen) atoms. The number of allylic oxidation sites excluding steroid dienone is 2. The number of methoxy groups -OCH3 is 1. The maximum atomic E-state index is 10.8. The van der Waals surface area contributed by atoms with Gasteiger partial charge >= 0.3 is 5.97 Å². The van der Waals surface area contributed by atoms with Crippen LogP contribution in [-0.2, 0) is 9.53 Å². The fraction of sp³-hybridized carbons (Fsp3) is 0.375. The van der Waals surface area contributed by atoms with Crippen molar-refractivity contribution < 1.29 is 9.53 Å². The fourth-order valence-corrected chi connectivity index (χ4v) is 0.725. The summed E-state index contributed by atoms with van der Waals surface area (Å²) in [7, 11) is 1.37. The minimum absolute atomic E-state index is 0.293. The predicted molar refractivity (Wildman–Crippen MR) is 48.5 cm³/mol. The summed E-state index contributed by atoms with van der Waals surface area (Å²) in [6.07, 6.45) is 1.75. The van der Waals surface area contributed by atoms with Crippen molar-refractivity contribution in [2.45, 2.75) is 13.8 Å². The highest BCUT2D eigenvalue weighted by atomic mass is 79.9. The Morgan fingerprint density at radius 1 is 1.45 bits per heavy atom. The van der Waals surface area contributed by atoms with Crippen molar-refractivity contribution in [2.24, 2.45) is 0 Å². The Bertz CT molecular complexity index is 204. The summed E-state index contributed by atoms with van der Waals surface area (Å²) in [5, 5.41) is 0. The van der Waals surface area contributed by atoms with Gasteiger partial charge in [-0.3, -0.25) is 0 Å². The van der Waals surface area contributed by atoms with Gasteiger partial charge in [-0.2, -0.15) is 0 Å². The second kappa shape index (κ2) is 5.13. The minimum atomic E-state index is -0.293. The maximum Gasteiger partial charge on any atom is 0.333 e. The zero-order valence-electron chi connectivity index (χ0n) is 6.85. The maximum absolute atomic E-state index is 10.8. The second-order valence-corrected chi connectivity index (χ2v) is 2.63. The van der Waals surface area contributed by atoms with Crippen molar-refractivity contribution >= 4 is 21.9 Å². The van der Waals surface area contributed by atoms with Gasteiger partial charge in [0, 0.05) is 5.57 Å². The van der Waals surface area contributed by atoms with Crippen LogP contribution in [0.3, 0.4) is 0 Å². The molecule has 0 rings (SSSR count). The van der Waals surface area contributed by atoms with E-state index < -0.39 is 0 Å². The number of halogens is 1. The standard InChI is InChI=1S/C8H11BrO2/c1-6(5-9)4-7(2)8(10)11-3/h4-5H,1-3H3/b6-5+,7-4+. The SMILES string of the molecule is COC(=O)/C(C)=C/C(C)=C/Br. The summed E-state index contributed by atoms with van der Waals surface area (Å²) in [5.41, 5.74) is 1.58. The molecule has 0 aromatic rings. The van der Waals surface area contributed by atoms with Gasteiger partial charge in [-0.1, -0.05) is 15.9 Å². The molecule has 0 aromatic heterocycles. The average Bonchev–Trinajstić information content (AvgIpc) is 2.02. The molecule has 0 aromatic carbocycles. The van der Waals surface area contributed by atoms with E-state index in [2.05, 4.69) is 20.7 Å². The zero-order valence-corrected chi connectivity index (χ0v) is 8.44. The Morgan fingerprint density at radius 3 is 2.36 bits per heavy atom. The molecule has 0 fully saturated rings. The molecule has 3 heteroatoms. The molecule has 0 bridgehead atoms. The van der Waals surface area contributed by atoms with Crippen LogP contribution in [0.4, 0.5) is 0 Å². The summed E-state index contributed by atoms with van der Waals surface area (Å²) >= 11 is 3.16. The molecule has 0 amide bonds. The Balaban J connectivity index is 4.34. The topological polar surface area (TPSA) is 26.3 Å². The van der Waals surface area contributed by atoms with E-state index in [9.17, 15) is 4.79 Å². The Kier molecular flexibility index (Phi) is 4.86. The van der Waals surface area contributed by atoms with E-state index in [0.717, 1.165) is 5.57 Å². The molecule has 0 aliphatic rings. The van der Waals surface area contributed by atoms with Gasteiger partial charge in [-0.15, -0.1) is 0 Å². The first-order valence-electron chi connectivity index (χ1n) is 3.15. The second-order valence-electron chi connectivity index (χ2n) is 2.17. The monoisotopic (exact) mass is 218 g/mol. The van der Waals surface area contributed by atoms with Gasteiger partial charge in [-0.05, 0) is 30.5 Å². The molecular weight excluding hydrogens is 208 g/mol. The van der Waals surface area contributed by atoms with Crippen LogP contribution in [0, 0.1) is 0 Å². The van der Waals surface area contributed by atoms with E-state index in [4.69, 9.17) is 0 Å². The van der Waals surface area contributed by atoms with E-state index in [1.807, 2.05) is 6.92 Å². The van der Waals surface area contributed by atoms with Gasteiger partial charge in [0.05, 0.1) is 7.11 Å². The average molecular weight is 219 g/mol. The zero-order chi connectivity index (χ0) is 8.85. The molecule has 0 radical (unpaired) electrons. The summed E-state index contributed by atoms with van der Waals surface area (Å²) in [5.74, 6) is -0.293. The number of esters is 1. The van der Waals surface area contributed by atoms with Crippen LogP contribution in [-0.4, -0.2) is 13.1 Å². The van der Waals surface area contributed by atoms with Gasteiger partial charge in [0.1, 0.15) is 0 Å². The largest absolute Gasteiger partial charge is 0.466 e. The summed E-state index contributed by atoms with van der Waals surface area (Å²) in [6, 6.07) is 0. The van der Waals surface area contributed by atoms with Crippen molar-refractivity contribution in [3.8, 4) is 0 Å². The van der Waals surface area contributed by atoms with E-state index in [1.165, 1.54) is 7.11 Å². The number of hydrogen-bond donors (Lipinski definition) is 0. The number of hydrogen-bond acceptors (Lipinski definition) is 2. The van der Waals surface area contributed by atoms with Gasteiger partial charge in [-0.25, -0.2) is 4.79 Å². The summed E-state index contributed by atoms with van der Waals surface area (Å²) < 4.78 is 4.51. The first-order valence-corrected chi connectivity index (χ1v) is 4.07. The Morgan fingerprint density at radius 2 is 2.00 bits per heavy atom. The van der Waals surface area contributed by atoms with Crippen LogP contribution >= 0.6 is 15.9 Å². The summed E-state index contributed by atoms with van der Waals surface area (Å²) in [4.78, 5) is 12.6. The number of ether oxygens (including phenoxy) is 1. The van der Waals surface area contributed by atoms with Gasteiger partial charge in [0.15, 0.2) is 0 Å². The molecule has 0 saturated heterocycles. The molecule has 0 unspecified atom stereocenters. The highest BCUT2D eigenvalue weighted by Gasteiger charge is 2.01. The molecular formula is C8H11BrO2. The normalized spacial score (nSPS) is 13.1. The summed E-state index contributed by atoms with van der Waals surface area (Å²) in [6.45, 7) is 3.60. The number of carbonyl (C=O) groups excluding carboxylic acids is 1. The van der Waals surface area contributed by atoms with Crippen molar-refractivity contribution in [3.63, 3.8) is 0 Å². The Hall–Kier alpha value is -0.570. The highest BCUT2D eigenvalue weighted by Crippen LogP contribution is 2.04. The molecule has 0 N–H and O–H groups in total. The lowest BCUT2D eigenvalue weighted by molar-refractivity contribution is -0.136. The first-order chi connectivity index (χ1) is 5.11. The molecule has 0 spiro atoms. The highest BCUT2D eigenvalue weighted by molar-refractivity contribution is 9.11. The van der Waals surface area contributed by atoms with E-state index in [1.54, 1.807) is 18.0 Å². The molecule has 0 heterocycles. The lowest BCUT2D eigenvalue weighted by atomic mass is 10.2. The third kappa shape index (κ3) is 3.98. The molecule has 62 valence electrons. The van der Waals surface area contributed by atoms with Crippen LogP contribution in [0.15, 0.2) is 22.2 Å². The lowest BCUT2D eigenvalue weighted by Crippen LogP contribution is -2.01. The van der Waals surface area contributed by atoms with Gasteiger partial charge in [0.25, 0.3) is 0 Å². The van der Waals surface area contributed by atoms with Crippen molar-refractivity contribution in [3.05, 3.63) is 22.2 Å². The van der Waals surface area contributed by atoms with E-state index >= 15 is 0 Å². The third-order valence-corrected chi connectivity index (χ3v) is 1.85. The predicted octanol–water partition coefficient (Wildman–Crippen LogP) is 2.40. The van der Waals surface area contributed by atoms with E-state index in [-0.39, 0.29) is 5.97 Å². The molecule has 0 aliphatic carbocycles. The quantitative estimate of drug-likeness (QED) is 0.405. The van der Waals surface area contributed by atoms with Gasteiger partial charge in [0.2, 0.25) is 0 Å². The van der Waals surface area contributed by atoms with Crippen molar-refractivity contribution in [1.82, 2.24) is 0 Å². The molecule has 0 saturated carbocycles. The van der Waals surface area contributed by atoms with Crippen LogP contribution in [0.25, 0.3) is 0 Å². The molecule has 2 nitrogen and oxygen atoms in total. The van der Waals surface area contributed by atoms with E-state index in [0.29, 0.717) is 5.57 Å². The first kappa shape index (κ1) is 10.4. The smallest absolute Gasteiger partial charge is 0.333 e. The fourth-order valence-electron chi connectivity index (χ4n) is 0.593. The van der Waals surface area contributed by atoms with Crippen molar-refractivity contribution in [1.29, 1.82) is 0 Å². The lowest BCUT2D eigenvalue weighted by Gasteiger charge is -1.97.